The Kier molecular flexibility index (Phi) is 6.00. The number of benzene rings is 3. The Bertz CT molecular complexity index is 837. The summed E-state index contributed by atoms with van der Waals surface area (Å²) in [4.78, 5) is 24.6. The first-order valence-corrected chi connectivity index (χ1v) is 8.72. The smallest absolute Gasteiger partial charge is 0.345 e. The molecule has 136 valence electrons. The van der Waals surface area contributed by atoms with E-state index in [1.165, 1.54) is 0 Å². The van der Waals surface area contributed by atoms with Crippen LogP contribution in [-0.4, -0.2) is 23.1 Å². The fourth-order valence-electron chi connectivity index (χ4n) is 2.97. The predicted molar refractivity (Wildman–Crippen MR) is 102 cm³/mol. The molecule has 0 aliphatic heterocycles. The van der Waals surface area contributed by atoms with E-state index in [0.29, 0.717) is 0 Å². The minimum Gasteiger partial charge on any atom is -0.478 e. The van der Waals surface area contributed by atoms with Crippen LogP contribution in [0, 0.1) is 0 Å². The highest BCUT2D eigenvalue weighted by Crippen LogP contribution is 2.26. The molecule has 0 saturated carbocycles. The molecule has 0 aromatic heterocycles. The Labute approximate surface area is 158 Å². The Morgan fingerprint density at radius 2 is 1.19 bits per heavy atom. The molecule has 0 radical (unpaired) electrons. The van der Waals surface area contributed by atoms with Gasteiger partial charge in [0.2, 0.25) is 6.10 Å². The number of carbonyl (C=O) groups is 2. The van der Waals surface area contributed by atoms with Crippen molar-refractivity contribution in [3.63, 3.8) is 0 Å². The zero-order valence-electron chi connectivity index (χ0n) is 14.7. The molecule has 4 nitrogen and oxygen atoms in total. The van der Waals surface area contributed by atoms with Gasteiger partial charge in [0.1, 0.15) is 5.92 Å². The first-order valence-electron chi connectivity index (χ1n) is 8.72. The Morgan fingerprint density at radius 1 is 0.741 bits per heavy atom. The number of ether oxygens (including phenoxy) is 1. The van der Waals surface area contributed by atoms with Crippen molar-refractivity contribution < 1.29 is 19.4 Å². The van der Waals surface area contributed by atoms with Gasteiger partial charge in [0.15, 0.2) is 0 Å². The third-order valence-electron chi connectivity index (χ3n) is 4.30. The van der Waals surface area contributed by atoms with Crippen LogP contribution in [0.4, 0.5) is 0 Å². The van der Waals surface area contributed by atoms with Gasteiger partial charge in [0, 0.05) is 6.42 Å². The van der Waals surface area contributed by atoms with Crippen LogP contribution in [0.5, 0.6) is 0 Å². The Hall–Kier alpha value is -3.40. The number of hydrogen-bond acceptors (Lipinski definition) is 3. The number of carboxylic acid groups (broad SMARTS) is 1. The van der Waals surface area contributed by atoms with Gasteiger partial charge in [-0.25, -0.2) is 4.79 Å². The number of carboxylic acids is 1. The van der Waals surface area contributed by atoms with Crippen molar-refractivity contribution in [3.05, 3.63) is 108 Å². The highest BCUT2D eigenvalue weighted by molar-refractivity contribution is 5.85. The van der Waals surface area contributed by atoms with Crippen LogP contribution >= 0.6 is 0 Å². The summed E-state index contributed by atoms with van der Waals surface area (Å²) in [5.41, 5.74) is 2.32. The van der Waals surface area contributed by atoms with E-state index < -0.39 is 24.0 Å². The van der Waals surface area contributed by atoms with Crippen LogP contribution in [0.1, 0.15) is 22.6 Å². The molecular weight excluding hydrogens is 340 g/mol. The average Bonchev–Trinajstić information content (AvgIpc) is 2.70. The van der Waals surface area contributed by atoms with Crippen molar-refractivity contribution >= 4 is 11.9 Å². The summed E-state index contributed by atoms with van der Waals surface area (Å²) in [6.07, 6.45) is -1.12. The molecule has 27 heavy (non-hydrogen) atoms. The lowest BCUT2D eigenvalue weighted by Gasteiger charge is -2.20. The molecule has 0 aliphatic carbocycles. The summed E-state index contributed by atoms with van der Waals surface area (Å²) in [5, 5.41) is 9.53. The largest absolute Gasteiger partial charge is 0.478 e. The molecule has 0 saturated heterocycles. The van der Waals surface area contributed by atoms with Crippen molar-refractivity contribution in [2.45, 2.75) is 18.4 Å². The molecule has 3 aromatic rings. The van der Waals surface area contributed by atoms with Gasteiger partial charge in [0.25, 0.3) is 0 Å². The van der Waals surface area contributed by atoms with Crippen LogP contribution in [0.3, 0.4) is 0 Å². The summed E-state index contributed by atoms with van der Waals surface area (Å²) < 4.78 is 5.45. The highest BCUT2D eigenvalue weighted by atomic mass is 16.6. The normalized spacial score (nSPS) is 11.7. The molecule has 1 unspecified atom stereocenters. The number of rotatable bonds is 7. The second-order valence-corrected chi connectivity index (χ2v) is 6.21. The van der Waals surface area contributed by atoms with E-state index in [4.69, 9.17) is 4.74 Å². The average molecular weight is 360 g/mol. The molecule has 4 heteroatoms. The summed E-state index contributed by atoms with van der Waals surface area (Å²) in [6, 6.07) is 27.6. The van der Waals surface area contributed by atoms with E-state index >= 15 is 0 Å². The van der Waals surface area contributed by atoms with Crippen molar-refractivity contribution in [3.8, 4) is 0 Å². The van der Waals surface area contributed by atoms with Gasteiger partial charge < -0.3 is 9.84 Å². The maximum Gasteiger partial charge on any atom is 0.345 e. The quantitative estimate of drug-likeness (QED) is 0.646. The van der Waals surface area contributed by atoms with Crippen molar-refractivity contribution in [1.82, 2.24) is 0 Å². The van der Waals surface area contributed by atoms with Gasteiger partial charge in [0.05, 0.1) is 0 Å². The maximum absolute atomic E-state index is 13.0. The molecule has 3 rings (SSSR count). The SMILES string of the molecule is O=C(O)C(Cc1ccccc1)OC(=O)C(c1ccccc1)c1ccccc1. The predicted octanol–water partition coefficient (Wildman–Crippen LogP) is 4.06. The number of esters is 1. The lowest BCUT2D eigenvalue weighted by Crippen LogP contribution is -2.31. The summed E-state index contributed by atoms with van der Waals surface area (Å²) in [7, 11) is 0. The van der Waals surface area contributed by atoms with E-state index in [9.17, 15) is 14.7 Å². The van der Waals surface area contributed by atoms with Crippen molar-refractivity contribution in [2.24, 2.45) is 0 Å². The fourth-order valence-corrected chi connectivity index (χ4v) is 2.97. The van der Waals surface area contributed by atoms with Crippen LogP contribution in [-0.2, 0) is 20.7 Å². The third-order valence-corrected chi connectivity index (χ3v) is 4.30. The second kappa shape index (κ2) is 8.81. The lowest BCUT2D eigenvalue weighted by molar-refractivity contribution is -0.164. The van der Waals surface area contributed by atoms with E-state index in [1.54, 1.807) is 0 Å². The highest BCUT2D eigenvalue weighted by Gasteiger charge is 2.29. The molecule has 3 aromatic carbocycles. The van der Waals surface area contributed by atoms with Crippen LogP contribution in [0.25, 0.3) is 0 Å². The van der Waals surface area contributed by atoms with E-state index in [0.717, 1.165) is 16.7 Å². The molecule has 0 heterocycles. The zero-order chi connectivity index (χ0) is 19.1. The van der Waals surface area contributed by atoms with Crippen LogP contribution in [0.15, 0.2) is 91.0 Å². The maximum atomic E-state index is 13.0. The van der Waals surface area contributed by atoms with Gasteiger partial charge in [-0.05, 0) is 16.7 Å². The zero-order valence-corrected chi connectivity index (χ0v) is 14.7. The molecule has 0 fully saturated rings. The first-order chi connectivity index (χ1) is 13.1. The number of aliphatic carboxylic acids is 1. The van der Waals surface area contributed by atoms with Gasteiger partial charge >= 0.3 is 11.9 Å². The second-order valence-electron chi connectivity index (χ2n) is 6.21. The number of hydrogen-bond donors (Lipinski definition) is 1. The minimum atomic E-state index is -1.24. The summed E-state index contributed by atoms with van der Waals surface area (Å²) >= 11 is 0. The minimum absolute atomic E-state index is 0.123. The topological polar surface area (TPSA) is 63.6 Å². The molecule has 0 aliphatic rings. The van der Waals surface area contributed by atoms with Crippen LogP contribution < -0.4 is 0 Å². The summed E-state index contributed by atoms with van der Waals surface area (Å²) in [6.45, 7) is 0. The molecule has 0 spiro atoms. The van der Waals surface area contributed by atoms with E-state index in [-0.39, 0.29) is 6.42 Å². The standard InChI is InChI=1S/C23H20O4/c24-22(25)20(16-17-10-4-1-5-11-17)27-23(26)21(18-12-6-2-7-13-18)19-14-8-3-9-15-19/h1-15,20-21H,16H2,(H,24,25). The van der Waals surface area contributed by atoms with Crippen LogP contribution in [0.2, 0.25) is 0 Å². The van der Waals surface area contributed by atoms with E-state index in [2.05, 4.69) is 0 Å². The fraction of sp³-hybridized carbons (Fsp3) is 0.130. The van der Waals surface area contributed by atoms with Crippen molar-refractivity contribution in [2.75, 3.05) is 0 Å². The molecule has 1 atom stereocenters. The Balaban J connectivity index is 1.86. The van der Waals surface area contributed by atoms with Gasteiger partial charge in [-0.2, -0.15) is 0 Å². The molecule has 0 bridgehead atoms. The van der Waals surface area contributed by atoms with E-state index in [1.807, 2.05) is 91.0 Å². The lowest BCUT2D eigenvalue weighted by atomic mass is 9.91. The molecule has 0 amide bonds. The third kappa shape index (κ3) is 4.82. The van der Waals surface area contributed by atoms with Gasteiger partial charge in [-0.15, -0.1) is 0 Å². The molecule has 1 N–H and O–H groups in total. The van der Waals surface area contributed by atoms with Crippen molar-refractivity contribution in [1.29, 1.82) is 0 Å². The van der Waals surface area contributed by atoms with Gasteiger partial charge in [-0.1, -0.05) is 91.0 Å². The Morgan fingerprint density at radius 3 is 1.63 bits per heavy atom. The first kappa shape index (κ1) is 18.4. The monoisotopic (exact) mass is 360 g/mol. The van der Waals surface area contributed by atoms with Gasteiger partial charge in [-0.3, -0.25) is 4.79 Å². The molecular formula is C23H20O4. The number of carbonyl (C=O) groups excluding carboxylic acids is 1. The summed E-state index contributed by atoms with van der Waals surface area (Å²) in [5.74, 6) is -2.41.